The minimum Gasteiger partial charge on any atom is -0.497 e. The van der Waals surface area contributed by atoms with Crippen molar-refractivity contribution in [1.82, 2.24) is 5.32 Å². The second-order valence-electron chi connectivity index (χ2n) is 10.1. The van der Waals surface area contributed by atoms with Crippen LogP contribution in [-0.4, -0.2) is 32.8 Å². The maximum Gasteiger partial charge on any atom is 0.222 e. The second-order valence-corrected chi connectivity index (χ2v) is 10.1. The van der Waals surface area contributed by atoms with Crippen molar-refractivity contribution >= 4 is 5.91 Å². The van der Waals surface area contributed by atoms with Crippen molar-refractivity contribution in [3.63, 3.8) is 0 Å². The van der Waals surface area contributed by atoms with E-state index in [2.05, 4.69) is 31.3 Å². The van der Waals surface area contributed by atoms with Gasteiger partial charge in [0.25, 0.3) is 0 Å². The summed E-state index contributed by atoms with van der Waals surface area (Å²) in [6.07, 6.45) is 3.34. The Bertz CT molecular complexity index is 767. The summed E-state index contributed by atoms with van der Waals surface area (Å²) in [5.74, 6) is 2.73. The molecule has 5 atom stereocenters. The molecule has 1 amide bonds. The zero-order chi connectivity index (χ0) is 21.0. The van der Waals surface area contributed by atoms with E-state index in [1.165, 1.54) is 6.42 Å². The Morgan fingerprint density at radius 1 is 1.17 bits per heavy atom. The molecule has 1 saturated heterocycles. The van der Waals surface area contributed by atoms with Crippen LogP contribution in [0.3, 0.4) is 0 Å². The van der Waals surface area contributed by atoms with Gasteiger partial charge >= 0.3 is 0 Å². The number of benzene rings is 1. The molecular formula is C24H35NO4. The van der Waals surface area contributed by atoms with Crippen LogP contribution in [0.2, 0.25) is 0 Å². The standard InChI is InChI=1S/C24H35NO4/c1-14(2)21(26)25-22-23(3,4)16-11-19-20(29-8-7-24(19,22)13-16)15-9-17(27-5)12-18(10-15)28-6/h9-10,12,14,16,19-20,22H,7-8,11,13H2,1-6H3,(H,25,26)/t16-,19-,20-,22+,24?/m1/s1. The molecule has 3 aliphatic rings. The van der Waals surface area contributed by atoms with Gasteiger partial charge in [0.15, 0.2) is 0 Å². The van der Waals surface area contributed by atoms with Gasteiger partial charge in [-0.3, -0.25) is 4.79 Å². The lowest BCUT2D eigenvalue weighted by Crippen LogP contribution is -2.59. The summed E-state index contributed by atoms with van der Waals surface area (Å²) in [7, 11) is 3.36. The molecule has 1 aromatic carbocycles. The van der Waals surface area contributed by atoms with Crippen molar-refractivity contribution in [2.24, 2.45) is 28.6 Å². The average Bonchev–Trinajstić information content (AvgIpc) is 3.19. The Hall–Kier alpha value is -1.75. The molecule has 1 N–H and O–H groups in total. The number of carbonyl (C=O) groups is 1. The van der Waals surface area contributed by atoms with Crippen molar-refractivity contribution in [3.8, 4) is 11.5 Å². The fourth-order valence-electron chi connectivity index (χ4n) is 6.42. The van der Waals surface area contributed by atoms with Gasteiger partial charge in [-0.2, -0.15) is 0 Å². The highest BCUT2D eigenvalue weighted by Gasteiger charge is 2.68. The van der Waals surface area contributed by atoms with E-state index in [-0.39, 0.29) is 34.8 Å². The van der Waals surface area contributed by atoms with Gasteiger partial charge in [0.2, 0.25) is 5.91 Å². The third kappa shape index (κ3) is 3.13. The summed E-state index contributed by atoms with van der Waals surface area (Å²) >= 11 is 0. The Morgan fingerprint density at radius 2 is 1.83 bits per heavy atom. The number of nitrogens with one attached hydrogen (secondary N) is 1. The number of fused-ring (bicyclic) bond motifs is 1. The maximum atomic E-state index is 12.7. The Kier molecular flexibility index (Phi) is 5.09. The van der Waals surface area contributed by atoms with Gasteiger partial charge in [0.1, 0.15) is 11.5 Å². The number of hydrogen-bond donors (Lipinski definition) is 1. The molecule has 1 heterocycles. The molecule has 0 aromatic heterocycles. The number of methoxy groups -OCH3 is 2. The molecule has 4 rings (SSSR count). The number of rotatable bonds is 5. The van der Waals surface area contributed by atoms with E-state index >= 15 is 0 Å². The summed E-state index contributed by atoms with van der Waals surface area (Å²) in [6, 6.07) is 6.24. The largest absolute Gasteiger partial charge is 0.497 e. The van der Waals surface area contributed by atoms with Crippen LogP contribution in [0.25, 0.3) is 0 Å². The fourth-order valence-corrected chi connectivity index (χ4v) is 6.42. The van der Waals surface area contributed by atoms with Crippen molar-refractivity contribution in [2.75, 3.05) is 20.8 Å². The number of carbonyl (C=O) groups excluding carboxylic acids is 1. The Balaban J connectivity index is 1.70. The van der Waals surface area contributed by atoms with Crippen LogP contribution in [0, 0.1) is 28.6 Å². The van der Waals surface area contributed by atoms with E-state index in [1.807, 2.05) is 19.9 Å². The predicted octanol–water partition coefficient (Wildman–Crippen LogP) is 4.36. The highest BCUT2D eigenvalue weighted by Crippen LogP contribution is 2.70. The normalized spacial score (nSPS) is 34.7. The van der Waals surface area contributed by atoms with Crippen molar-refractivity contribution in [3.05, 3.63) is 23.8 Å². The van der Waals surface area contributed by atoms with Gasteiger partial charge in [-0.25, -0.2) is 0 Å². The van der Waals surface area contributed by atoms with E-state index < -0.39 is 0 Å². The first-order chi connectivity index (χ1) is 13.7. The molecule has 29 heavy (non-hydrogen) atoms. The molecule has 5 nitrogen and oxygen atoms in total. The molecule has 2 aliphatic carbocycles. The van der Waals surface area contributed by atoms with E-state index in [0.29, 0.717) is 11.8 Å². The maximum absolute atomic E-state index is 12.7. The number of amides is 1. The van der Waals surface area contributed by atoms with Crippen LogP contribution in [0.1, 0.15) is 58.6 Å². The summed E-state index contributed by atoms with van der Waals surface area (Å²) < 4.78 is 17.4. The first-order valence-corrected chi connectivity index (χ1v) is 10.9. The first-order valence-electron chi connectivity index (χ1n) is 10.9. The first kappa shape index (κ1) is 20.5. The topological polar surface area (TPSA) is 56.8 Å². The lowest BCUT2D eigenvalue weighted by molar-refractivity contribution is -0.139. The molecule has 2 bridgehead atoms. The zero-order valence-electron chi connectivity index (χ0n) is 18.6. The highest BCUT2D eigenvalue weighted by molar-refractivity contribution is 5.78. The monoisotopic (exact) mass is 401 g/mol. The molecule has 1 aliphatic heterocycles. The molecule has 1 aromatic rings. The van der Waals surface area contributed by atoms with E-state index in [4.69, 9.17) is 14.2 Å². The quantitative estimate of drug-likeness (QED) is 0.797. The SMILES string of the molecule is COc1cc(OC)cc([C@H]2OCCC34C[C@@H](C[C@H]23)C(C)(C)[C@@H]4NC(=O)C(C)C)c1. The molecule has 1 spiro atoms. The van der Waals surface area contributed by atoms with Gasteiger partial charge in [-0.1, -0.05) is 27.7 Å². The van der Waals surface area contributed by atoms with Crippen LogP contribution in [0.15, 0.2) is 18.2 Å². The molecule has 2 saturated carbocycles. The van der Waals surface area contributed by atoms with Gasteiger partial charge in [-0.15, -0.1) is 0 Å². The highest BCUT2D eigenvalue weighted by atomic mass is 16.5. The van der Waals surface area contributed by atoms with Crippen LogP contribution < -0.4 is 14.8 Å². The lowest BCUT2D eigenvalue weighted by atomic mass is 9.58. The van der Waals surface area contributed by atoms with Gasteiger partial charge < -0.3 is 19.5 Å². The van der Waals surface area contributed by atoms with Crippen molar-refractivity contribution < 1.29 is 19.0 Å². The molecule has 0 radical (unpaired) electrons. The molecule has 3 fully saturated rings. The van der Waals surface area contributed by atoms with E-state index in [1.54, 1.807) is 14.2 Å². The fraction of sp³-hybridized carbons (Fsp3) is 0.708. The third-order valence-corrected chi connectivity index (χ3v) is 8.02. The molecule has 5 heteroatoms. The van der Waals surface area contributed by atoms with Crippen LogP contribution in [0.5, 0.6) is 11.5 Å². The van der Waals surface area contributed by atoms with Gasteiger partial charge in [0.05, 0.1) is 20.3 Å². The van der Waals surface area contributed by atoms with Gasteiger partial charge in [-0.05, 0) is 59.6 Å². The number of ether oxygens (including phenoxy) is 3. The predicted molar refractivity (Wildman–Crippen MR) is 112 cm³/mol. The zero-order valence-corrected chi connectivity index (χ0v) is 18.6. The summed E-state index contributed by atoms with van der Waals surface area (Å²) in [5.41, 5.74) is 1.32. The smallest absolute Gasteiger partial charge is 0.222 e. The Morgan fingerprint density at radius 3 is 2.41 bits per heavy atom. The average molecular weight is 402 g/mol. The summed E-state index contributed by atoms with van der Waals surface area (Å²) in [5, 5.41) is 3.46. The van der Waals surface area contributed by atoms with Crippen molar-refractivity contribution in [2.45, 2.75) is 59.1 Å². The van der Waals surface area contributed by atoms with E-state index in [9.17, 15) is 4.79 Å². The lowest BCUT2D eigenvalue weighted by Gasteiger charge is -2.53. The molecular weight excluding hydrogens is 366 g/mol. The molecule has 1 unspecified atom stereocenters. The molecule has 160 valence electrons. The summed E-state index contributed by atoms with van der Waals surface area (Å²) in [6.45, 7) is 9.34. The van der Waals surface area contributed by atoms with Crippen LogP contribution in [0.4, 0.5) is 0 Å². The third-order valence-electron chi connectivity index (χ3n) is 8.02. The van der Waals surface area contributed by atoms with Crippen molar-refractivity contribution in [1.29, 1.82) is 0 Å². The van der Waals surface area contributed by atoms with Gasteiger partial charge in [0, 0.05) is 24.6 Å². The Labute approximate surface area is 174 Å². The van der Waals surface area contributed by atoms with Crippen LogP contribution >= 0.6 is 0 Å². The van der Waals surface area contributed by atoms with Crippen LogP contribution in [-0.2, 0) is 9.53 Å². The second kappa shape index (κ2) is 7.19. The minimum absolute atomic E-state index is 0.00180. The summed E-state index contributed by atoms with van der Waals surface area (Å²) in [4.78, 5) is 12.7. The number of hydrogen-bond acceptors (Lipinski definition) is 4. The minimum atomic E-state index is -0.00180. The van der Waals surface area contributed by atoms with E-state index in [0.717, 1.165) is 36.5 Å².